The molecule has 0 bridgehead atoms. The molecule has 1 aliphatic carbocycles. The fraction of sp³-hybridized carbons (Fsp3) is 0.429. The lowest BCUT2D eigenvalue weighted by atomic mass is 9.85. The van der Waals surface area contributed by atoms with E-state index in [0.717, 1.165) is 16.9 Å². The molecule has 1 aromatic heterocycles. The number of hydrogen-bond acceptors (Lipinski definition) is 3. The first-order valence-electron chi connectivity index (χ1n) is 6.36. The highest BCUT2D eigenvalue weighted by Crippen LogP contribution is 2.38. The van der Waals surface area contributed by atoms with E-state index >= 15 is 0 Å². The second kappa shape index (κ2) is 4.53. The summed E-state index contributed by atoms with van der Waals surface area (Å²) in [4.78, 5) is 16.3. The predicted octanol–water partition coefficient (Wildman–Crippen LogP) is 3.28. The van der Waals surface area contributed by atoms with Gasteiger partial charge in [0.15, 0.2) is 0 Å². The van der Waals surface area contributed by atoms with Gasteiger partial charge in [0, 0.05) is 13.0 Å². The van der Waals surface area contributed by atoms with Crippen molar-refractivity contribution in [1.82, 2.24) is 9.55 Å². The number of benzene rings is 1. The van der Waals surface area contributed by atoms with Crippen molar-refractivity contribution in [3.8, 4) is 0 Å². The second-order valence-electron chi connectivity index (χ2n) is 4.97. The summed E-state index contributed by atoms with van der Waals surface area (Å²) < 4.78 is 6.78. The Morgan fingerprint density at radius 1 is 1.47 bits per heavy atom. The van der Waals surface area contributed by atoms with Gasteiger partial charge < -0.3 is 9.30 Å². The summed E-state index contributed by atoms with van der Waals surface area (Å²) in [6.07, 6.45) is 3.62. The number of nitrogens with zero attached hydrogens (tertiary/aromatic N) is 2. The molecule has 0 saturated heterocycles. The summed E-state index contributed by atoms with van der Waals surface area (Å²) in [5, 5.41) is 0.499. The van der Waals surface area contributed by atoms with E-state index in [0.29, 0.717) is 16.5 Å². The van der Waals surface area contributed by atoms with Crippen LogP contribution in [0, 0.1) is 0 Å². The largest absolute Gasteiger partial charge is 0.465 e. The number of halogens is 1. The molecule has 4 nitrogen and oxygen atoms in total. The molecule has 0 N–H and O–H groups in total. The van der Waals surface area contributed by atoms with E-state index in [1.165, 1.54) is 26.4 Å². The number of ether oxygens (including phenoxy) is 1. The number of aromatic nitrogens is 2. The third-order valence-corrected chi connectivity index (χ3v) is 4.15. The minimum absolute atomic E-state index is 0.379. The van der Waals surface area contributed by atoms with Crippen LogP contribution in [-0.4, -0.2) is 22.6 Å². The molecular formula is C14H15ClN2O2. The number of fused-ring (bicyclic) bond motifs is 1. The number of hydrogen-bond donors (Lipinski definition) is 0. The third-order valence-electron chi connectivity index (χ3n) is 3.87. The molecule has 3 rings (SSSR count). The Hall–Kier alpha value is -1.55. The van der Waals surface area contributed by atoms with Crippen molar-refractivity contribution in [2.45, 2.75) is 25.2 Å². The van der Waals surface area contributed by atoms with Gasteiger partial charge in [-0.2, -0.15) is 0 Å². The smallest absolute Gasteiger partial charge is 0.337 e. The normalized spacial score (nSPS) is 15.5. The standard InChI is InChI=1S/C14H15ClN2O2/c1-17-11-7-9(14(18)19-2)6-10(15)12(11)16-13(17)8-4-3-5-8/h6-8H,3-5H2,1-2H3. The molecule has 1 saturated carbocycles. The van der Waals surface area contributed by atoms with Crippen molar-refractivity contribution >= 4 is 28.6 Å². The molecule has 1 aliphatic rings. The maximum atomic E-state index is 11.6. The van der Waals surface area contributed by atoms with Crippen molar-refractivity contribution in [1.29, 1.82) is 0 Å². The molecule has 0 amide bonds. The van der Waals surface area contributed by atoms with E-state index in [2.05, 4.69) is 4.98 Å². The van der Waals surface area contributed by atoms with E-state index < -0.39 is 0 Å². The van der Waals surface area contributed by atoms with Gasteiger partial charge in [0.25, 0.3) is 0 Å². The van der Waals surface area contributed by atoms with E-state index in [4.69, 9.17) is 16.3 Å². The summed E-state index contributed by atoms with van der Waals surface area (Å²) >= 11 is 6.23. The van der Waals surface area contributed by atoms with Crippen LogP contribution in [0.2, 0.25) is 5.02 Å². The van der Waals surface area contributed by atoms with Crippen LogP contribution >= 0.6 is 11.6 Å². The van der Waals surface area contributed by atoms with Gasteiger partial charge in [0.2, 0.25) is 0 Å². The van der Waals surface area contributed by atoms with Crippen molar-refractivity contribution in [3.05, 3.63) is 28.5 Å². The van der Waals surface area contributed by atoms with Crippen LogP contribution in [0.4, 0.5) is 0 Å². The lowest BCUT2D eigenvalue weighted by Crippen LogP contribution is -2.13. The summed E-state index contributed by atoms with van der Waals surface area (Å²) in [5.74, 6) is 1.20. The van der Waals surface area contributed by atoms with Gasteiger partial charge in [-0.3, -0.25) is 0 Å². The van der Waals surface area contributed by atoms with E-state index in [-0.39, 0.29) is 5.97 Å². The van der Waals surface area contributed by atoms with E-state index in [1.54, 1.807) is 12.1 Å². The first-order chi connectivity index (χ1) is 9.11. The van der Waals surface area contributed by atoms with E-state index in [1.807, 2.05) is 11.6 Å². The molecule has 0 spiro atoms. The number of aryl methyl sites for hydroxylation is 1. The summed E-state index contributed by atoms with van der Waals surface area (Å²) in [6, 6.07) is 3.41. The van der Waals surface area contributed by atoms with Crippen molar-refractivity contribution in [2.24, 2.45) is 7.05 Å². The van der Waals surface area contributed by atoms with Gasteiger partial charge >= 0.3 is 5.97 Å². The van der Waals surface area contributed by atoms with Crippen LogP contribution in [0.25, 0.3) is 11.0 Å². The Morgan fingerprint density at radius 2 is 2.21 bits per heavy atom. The fourth-order valence-corrected chi connectivity index (χ4v) is 2.79. The number of methoxy groups -OCH3 is 1. The average Bonchev–Trinajstić information content (AvgIpc) is 2.65. The van der Waals surface area contributed by atoms with Gasteiger partial charge in [-0.25, -0.2) is 9.78 Å². The Kier molecular flexibility index (Phi) is 2.97. The molecule has 0 unspecified atom stereocenters. The number of esters is 1. The molecule has 5 heteroatoms. The Morgan fingerprint density at radius 3 is 2.79 bits per heavy atom. The number of imidazole rings is 1. The topological polar surface area (TPSA) is 44.1 Å². The zero-order chi connectivity index (χ0) is 13.6. The molecule has 1 fully saturated rings. The summed E-state index contributed by atoms with van der Waals surface area (Å²) in [5.41, 5.74) is 2.11. The monoisotopic (exact) mass is 278 g/mol. The molecule has 0 aliphatic heterocycles. The number of rotatable bonds is 2. The van der Waals surface area contributed by atoms with Crippen molar-refractivity contribution in [2.75, 3.05) is 7.11 Å². The fourth-order valence-electron chi connectivity index (χ4n) is 2.53. The molecule has 0 atom stereocenters. The maximum absolute atomic E-state index is 11.6. The highest BCUT2D eigenvalue weighted by atomic mass is 35.5. The van der Waals surface area contributed by atoms with Crippen LogP contribution in [0.3, 0.4) is 0 Å². The second-order valence-corrected chi connectivity index (χ2v) is 5.38. The minimum Gasteiger partial charge on any atom is -0.465 e. The average molecular weight is 279 g/mol. The van der Waals surface area contributed by atoms with Gasteiger partial charge in [-0.05, 0) is 25.0 Å². The maximum Gasteiger partial charge on any atom is 0.337 e. The predicted molar refractivity (Wildman–Crippen MR) is 73.7 cm³/mol. The van der Waals surface area contributed by atoms with Crippen LogP contribution in [0.1, 0.15) is 41.4 Å². The van der Waals surface area contributed by atoms with Gasteiger partial charge in [0.05, 0.1) is 23.2 Å². The number of carbonyl (C=O) groups is 1. The molecule has 0 radical (unpaired) electrons. The molecule has 1 heterocycles. The first-order valence-corrected chi connectivity index (χ1v) is 6.73. The minimum atomic E-state index is -0.379. The zero-order valence-corrected chi connectivity index (χ0v) is 11.7. The van der Waals surface area contributed by atoms with Crippen LogP contribution < -0.4 is 0 Å². The molecule has 1 aromatic carbocycles. The lowest BCUT2D eigenvalue weighted by molar-refractivity contribution is 0.0601. The van der Waals surface area contributed by atoms with Gasteiger partial charge in [0.1, 0.15) is 11.3 Å². The van der Waals surface area contributed by atoms with Crippen molar-refractivity contribution in [3.63, 3.8) is 0 Å². The first kappa shape index (κ1) is 12.5. The SMILES string of the molecule is COC(=O)c1cc(Cl)c2nc(C3CCC3)n(C)c2c1. The quantitative estimate of drug-likeness (QED) is 0.792. The zero-order valence-electron chi connectivity index (χ0n) is 10.9. The highest BCUT2D eigenvalue weighted by molar-refractivity contribution is 6.35. The van der Waals surface area contributed by atoms with E-state index in [9.17, 15) is 4.79 Å². The van der Waals surface area contributed by atoms with Crippen LogP contribution in [0.5, 0.6) is 0 Å². The lowest BCUT2D eigenvalue weighted by Gasteiger charge is -2.24. The molecule has 100 valence electrons. The molecule has 19 heavy (non-hydrogen) atoms. The van der Waals surface area contributed by atoms with Crippen molar-refractivity contribution < 1.29 is 9.53 Å². The molecular weight excluding hydrogens is 264 g/mol. The van der Waals surface area contributed by atoms with Crippen LogP contribution in [0.15, 0.2) is 12.1 Å². The number of carbonyl (C=O) groups excluding carboxylic acids is 1. The van der Waals surface area contributed by atoms with Gasteiger partial charge in [-0.15, -0.1) is 0 Å². The molecule has 2 aromatic rings. The Labute approximate surface area is 116 Å². The Bertz CT molecular complexity index is 659. The van der Waals surface area contributed by atoms with Gasteiger partial charge in [-0.1, -0.05) is 18.0 Å². The summed E-state index contributed by atoms with van der Waals surface area (Å²) in [6.45, 7) is 0. The third kappa shape index (κ3) is 1.91. The van der Waals surface area contributed by atoms with Crippen LogP contribution in [-0.2, 0) is 11.8 Å². The highest BCUT2D eigenvalue weighted by Gasteiger charge is 2.25. The summed E-state index contributed by atoms with van der Waals surface area (Å²) in [7, 11) is 3.34. The Balaban J connectivity index is 2.17.